The number of aromatic amines is 1. The molecule has 0 radical (unpaired) electrons. The zero-order chi connectivity index (χ0) is 14.0. The molecule has 0 saturated carbocycles. The Hall–Kier alpha value is -1.76. The fraction of sp³-hybridized carbons (Fsp3) is 0.500. The number of rotatable bonds is 3. The van der Waals surface area contributed by atoms with E-state index in [2.05, 4.69) is 46.5 Å². The van der Waals surface area contributed by atoms with Crippen LogP contribution in [-0.2, 0) is 12.0 Å². The van der Waals surface area contributed by atoms with Crippen molar-refractivity contribution in [2.75, 3.05) is 0 Å². The topological polar surface area (TPSA) is 83.6 Å². The lowest BCUT2D eigenvalue weighted by Crippen LogP contribution is -2.24. The molecule has 2 heterocycles. The molecular formula is C12H17N5OS. The average molecular weight is 279 g/mol. The molecule has 2 rings (SSSR count). The third kappa shape index (κ3) is 3.17. The molecule has 0 fully saturated rings. The minimum absolute atomic E-state index is 0.0292. The van der Waals surface area contributed by atoms with Crippen molar-refractivity contribution in [3.8, 4) is 0 Å². The Morgan fingerprint density at radius 3 is 2.68 bits per heavy atom. The van der Waals surface area contributed by atoms with Crippen LogP contribution < -0.4 is 5.32 Å². The van der Waals surface area contributed by atoms with Crippen molar-refractivity contribution >= 4 is 17.2 Å². The molecule has 102 valence electrons. The van der Waals surface area contributed by atoms with Gasteiger partial charge in [0, 0.05) is 10.8 Å². The predicted molar refractivity (Wildman–Crippen MR) is 73.1 cm³/mol. The maximum atomic E-state index is 11.8. The highest BCUT2D eigenvalue weighted by atomic mass is 32.1. The normalized spacial score (nSPS) is 11.6. The summed E-state index contributed by atoms with van der Waals surface area (Å²) in [5.41, 5.74) is 1.99. The van der Waals surface area contributed by atoms with Crippen molar-refractivity contribution in [2.45, 2.75) is 39.7 Å². The molecule has 0 bridgehead atoms. The van der Waals surface area contributed by atoms with Crippen LogP contribution >= 0.6 is 11.3 Å². The van der Waals surface area contributed by atoms with Gasteiger partial charge in [-0.3, -0.25) is 4.79 Å². The van der Waals surface area contributed by atoms with Crippen LogP contribution in [0.5, 0.6) is 0 Å². The summed E-state index contributed by atoms with van der Waals surface area (Å²) in [6.07, 6.45) is 0. The summed E-state index contributed by atoms with van der Waals surface area (Å²) in [6.45, 7) is 8.49. The van der Waals surface area contributed by atoms with E-state index < -0.39 is 0 Å². The molecule has 0 saturated heterocycles. The number of hydrogen-bond donors (Lipinski definition) is 2. The van der Waals surface area contributed by atoms with E-state index in [4.69, 9.17) is 0 Å². The van der Waals surface area contributed by atoms with Crippen LogP contribution in [0.15, 0.2) is 5.38 Å². The minimum atomic E-state index is -0.237. The largest absolute Gasteiger partial charge is 0.344 e. The summed E-state index contributed by atoms with van der Waals surface area (Å²) >= 11 is 1.55. The van der Waals surface area contributed by atoms with Crippen molar-refractivity contribution in [1.82, 2.24) is 25.7 Å². The van der Waals surface area contributed by atoms with Crippen LogP contribution in [0.25, 0.3) is 0 Å². The van der Waals surface area contributed by atoms with Crippen molar-refractivity contribution in [3.63, 3.8) is 0 Å². The number of nitrogens with one attached hydrogen (secondary N) is 2. The minimum Gasteiger partial charge on any atom is -0.344 e. The molecule has 6 nitrogen and oxygen atoms in total. The summed E-state index contributed by atoms with van der Waals surface area (Å²) < 4.78 is 0. The van der Waals surface area contributed by atoms with Crippen LogP contribution in [0.4, 0.5) is 0 Å². The first-order valence-corrected chi connectivity index (χ1v) is 6.86. The quantitative estimate of drug-likeness (QED) is 0.897. The van der Waals surface area contributed by atoms with Gasteiger partial charge in [0.15, 0.2) is 5.69 Å². The number of carbonyl (C=O) groups is 1. The first-order chi connectivity index (χ1) is 8.88. The van der Waals surface area contributed by atoms with Crippen molar-refractivity contribution in [2.24, 2.45) is 0 Å². The summed E-state index contributed by atoms with van der Waals surface area (Å²) in [6, 6.07) is 0. The van der Waals surface area contributed by atoms with Crippen LogP contribution in [0.2, 0.25) is 0 Å². The van der Waals surface area contributed by atoms with Gasteiger partial charge in [0.2, 0.25) is 0 Å². The number of H-pyrrole nitrogens is 1. The zero-order valence-electron chi connectivity index (χ0n) is 11.4. The second-order valence-electron chi connectivity index (χ2n) is 5.32. The number of amides is 1. The molecule has 0 atom stereocenters. The summed E-state index contributed by atoms with van der Waals surface area (Å²) in [5.74, 6) is -0.237. The van der Waals surface area contributed by atoms with Crippen LogP contribution in [0, 0.1) is 6.92 Å². The van der Waals surface area contributed by atoms with E-state index in [9.17, 15) is 4.79 Å². The van der Waals surface area contributed by atoms with E-state index in [1.165, 1.54) is 0 Å². The molecule has 0 aliphatic carbocycles. The van der Waals surface area contributed by atoms with Gasteiger partial charge in [0.05, 0.1) is 17.9 Å². The number of carbonyl (C=O) groups excluding carboxylic acids is 1. The summed E-state index contributed by atoms with van der Waals surface area (Å²) in [4.78, 5) is 16.4. The second kappa shape index (κ2) is 5.08. The van der Waals surface area contributed by atoms with E-state index in [0.29, 0.717) is 17.9 Å². The Labute approximate surface area is 115 Å². The molecule has 0 aromatic carbocycles. The predicted octanol–water partition coefficient (Wildman–Crippen LogP) is 1.80. The van der Waals surface area contributed by atoms with Gasteiger partial charge >= 0.3 is 0 Å². The number of hydrogen-bond acceptors (Lipinski definition) is 5. The van der Waals surface area contributed by atoms with Gasteiger partial charge < -0.3 is 5.32 Å². The Kier molecular flexibility index (Phi) is 3.66. The molecule has 0 spiro atoms. The average Bonchev–Trinajstić information content (AvgIpc) is 2.93. The van der Waals surface area contributed by atoms with Crippen LogP contribution in [0.3, 0.4) is 0 Å². The Bertz CT molecular complexity index is 581. The van der Waals surface area contributed by atoms with Gasteiger partial charge in [0.25, 0.3) is 5.91 Å². The number of aromatic nitrogens is 4. The fourth-order valence-corrected chi connectivity index (χ4v) is 2.44. The third-order valence-electron chi connectivity index (χ3n) is 2.66. The van der Waals surface area contributed by atoms with Gasteiger partial charge in [0.1, 0.15) is 5.01 Å². The van der Waals surface area contributed by atoms with Gasteiger partial charge in [-0.25, -0.2) is 4.98 Å². The Balaban J connectivity index is 1.98. The molecular weight excluding hydrogens is 262 g/mol. The highest BCUT2D eigenvalue weighted by molar-refractivity contribution is 7.09. The van der Waals surface area contributed by atoms with E-state index >= 15 is 0 Å². The van der Waals surface area contributed by atoms with Crippen LogP contribution in [-0.4, -0.2) is 26.3 Å². The van der Waals surface area contributed by atoms with Crippen molar-refractivity contribution in [1.29, 1.82) is 0 Å². The first-order valence-electron chi connectivity index (χ1n) is 5.98. The molecule has 2 aromatic heterocycles. The zero-order valence-corrected chi connectivity index (χ0v) is 12.3. The smallest absolute Gasteiger partial charge is 0.274 e. The number of aryl methyl sites for hydroxylation is 1. The van der Waals surface area contributed by atoms with Crippen molar-refractivity contribution < 1.29 is 4.79 Å². The third-order valence-corrected chi connectivity index (χ3v) is 3.51. The molecule has 19 heavy (non-hydrogen) atoms. The molecule has 0 unspecified atom stereocenters. The van der Waals surface area contributed by atoms with E-state index in [1.54, 1.807) is 18.3 Å². The lowest BCUT2D eigenvalue weighted by Gasteiger charge is -2.14. The standard InChI is InChI=1S/C12H17N5OS/c1-7-10(16-17-15-7)11(18)13-5-9-14-8(6-19-9)12(2,3)4/h6H,5H2,1-4H3,(H,13,18)(H,15,16,17). The second-order valence-corrected chi connectivity index (χ2v) is 6.26. The maximum Gasteiger partial charge on any atom is 0.274 e. The molecule has 1 amide bonds. The molecule has 0 aliphatic rings. The Morgan fingerprint density at radius 1 is 1.42 bits per heavy atom. The Morgan fingerprint density at radius 2 is 2.16 bits per heavy atom. The SMILES string of the molecule is Cc1n[nH]nc1C(=O)NCc1nc(C(C)(C)C)cs1. The van der Waals surface area contributed by atoms with Gasteiger partial charge in [-0.05, 0) is 6.92 Å². The van der Waals surface area contributed by atoms with E-state index in [1.807, 2.05) is 5.38 Å². The molecule has 7 heteroatoms. The molecule has 2 aromatic rings. The molecule has 2 N–H and O–H groups in total. The van der Waals surface area contributed by atoms with Gasteiger partial charge in [-0.1, -0.05) is 20.8 Å². The lowest BCUT2D eigenvalue weighted by atomic mass is 9.93. The van der Waals surface area contributed by atoms with E-state index in [-0.39, 0.29) is 11.3 Å². The highest BCUT2D eigenvalue weighted by Crippen LogP contribution is 2.23. The van der Waals surface area contributed by atoms with Gasteiger partial charge in [-0.15, -0.1) is 11.3 Å². The number of nitrogens with zero attached hydrogens (tertiary/aromatic N) is 3. The highest BCUT2D eigenvalue weighted by Gasteiger charge is 2.18. The number of thiazole rings is 1. The van der Waals surface area contributed by atoms with E-state index in [0.717, 1.165) is 10.7 Å². The first kappa shape index (κ1) is 13.7. The molecule has 0 aliphatic heterocycles. The van der Waals surface area contributed by atoms with Gasteiger partial charge in [-0.2, -0.15) is 15.4 Å². The maximum absolute atomic E-state index is 11.8. The monoisotopic (exact) mass is 279 g/mol. The van der Waals surface area contributed by atoms with Crippen LogP contribution in [0.1, 0.15) is 47.7 Å². The summed E-state index contributed by atoms with van der Waals surface area (Å²) in [7, 11) is 0. The lowest BCUT2D eigenvalue weighted by molar-refractivity contribution is 0.0945. The van der Waals surface area contributed by atoms with Crippen molar-refractivity contribution in [3.05, 3.63) is 27.5 Å². The fourth-order valence-electron chi connectivity index (χ4n) is 1.48. The summed E-state index contributed by atoms with van der Waals surface area (Å²) in [5, 5.41) is 15.8.